The van der Waals surface area contributed by atoms with Gasteiger partial charge in [-0.15, -0.1) is 0 Å². The van der Waals surface area contributed by atoms with Crippen LogP contribution < -0.4 is 0 Å². The quantitative estimate of drug-likeness (QED) is 0.360. The van der Waals surface area contributed by atoms with Crippen molar-refractivity contribution in [2.24, 2.45) is 57.2 Å². The molecule has 0 aromatic heterocycles. The fourth-order valence-corrected chi connectivity index (χ4v) is 10.9. The monoisotopic (exact) mass is 472 g/mol. The van der Waals surface area contributed by atoms with Crippen LogP contribution in [0.15, 0.2) is 0 Å². The van der Waals surface area contributed by atoms with Crippen LogP contribution in [0.1, 0.15) is 133 Å². The Balaban J connectivity index is 1.54. The molecule has 4 aliphatic rings. The highest BCUT2D eigenvalue weighted by Crippen LogP contribution is 2.74. The molecule has 4 unspecified atom stereocenters. The van der Waals surface area contributed by atoms with Crippen LogP contribution in [0.25, 0.3) is 0 Å². The second kappa shape index (κ2) is 9.09. The van der Waals surface area contributed by atoms with E-state index < -0.39 is 0 Å². The van der Waals surface area contributed by atoms with Gasteiger partial charge in [-0.2, -0.15) is 0 Å². The summed E-state index contributed by atoms with van der Waals surface area (Å²) in [6.45, 7) is 21.8. The van der Waals surface area contributed by atoms with Crippen molar-refractivity contribution in [2.45, 2.75) is 139 Å². The predicted octanol–water partition coefficient (Wildman–Crippen LogP) is 9.07. The van der Waals surface area contributed by atoms with Gasteiger partial charge in [0.05, 0.1) is 0 Å². The Hall–Kier alpha value is -0.530. The van der Waals surface area contributed by atoms with Crippen molar-refractivity contribution in [3.05, 3.63) is 0 Å². The maximum Gasteiger partial charge on any atom is 0.302 e. The number of carbonyl (C=O) groups excluding carboxylic acids is 1. The van der Waals surface area contributed by atoms with Gasteiger partial charge < -0.3 is 4.74 Å². The number of rotatable bonds is 6. The highest BCUT2D eigenvalue weighted by atomic mass is 16.5. The molecule has 4 aliphatic carbocycles. The third-order valence-electron chi connectivity index (χ3n) is 12.9. The topological polar surface area (TPSA) is 26.3 Å². The molecule has 0 bridgehead atoms. The maximum atomic E-state index is 11.8. The van der Waals surface area contributed by atoms with E-state index in [-0.39, 0.29) is 17.5 Å². The molecule has 2 heteroatoms. The molecule has 0 heterocycles. The molecule has 0 aromatic rings. The fraction of sp³-hybridized carbons (Fsp3) is 0.969. The fourth-order valence-electron chi connectivity index (χ4n) is 10.9. The molecule has 4 saturated carbocycles. The van der Waals surface area contributed by atoms with Crippen molar-refractivity contribution in [3.63, 3.8) is 0 Å². The van der Waals surface area contributed by atoms with E-state index >= 15 is 0 Å². The second-order valence-electron chi connectivity index (χ2n) is 15.1. The summed E-state index contributed by atoms with van der Waals surface area (Å²) in [6.07, 6.45) is 15.1. The minimum atomic E-state index is -0.101. The molecule has 0 saturated heterocycles. The number of hydrogen-bond acceptors (Lipinski definition) is 2. The lowest BCUT2D eigenvalue weighted by Gasteiger charge is -2.67. The van der Waals surface area contributed by atoms with E-state index in [2.05, 4.69) is 55.4 Å². The first-order valence-corrected chi connectivity index (χ1v) is 14.9. The van der Waals surface area contributed by atoms with Crippen molar-refractivity contribution >= 4 is 5.97 Å². The smallest absolute Gasteiger partial charge is 0.302 e. The Morgan fingerprint density at radius 2 is 1.50 bits per heavy atom. The molecule has 9 atom stereocenters. The van der Waals surface area contributed by atoms with Crippen LogP contribution in [0, 0.1) is 57.2 Å². The third-order valence-corrected chi connectivity index (χ3v) is 12.9. The van der Waals surface area contributed by atoms with Gasteiger partial charge in [0, 0.05) is 12.3 Å². The van der Waals surface area contributed by atoms with Crippen molar-refractivity contribution in [1.29, 1.82) is 0 Å². The molecule has 4 rings (SSSR count). The highest BCUT2D eigenvalue weighted by Gasteiger charge is 2.67. The van der Waals surface area contributed by atoms with Crippen LogP contribution >= 0.6 is 0 Å². The lowest BCUT2D eigenvalue weighted by Crippen LogP contribution is -2.62. The van der Waals surface area contributed by atoms with Crippen LogP contribution in [0.4, 0.5) is 0 Å². The first-order valence-electron chi connectivity index (χ1n) is 14.9. The van der Waals surface area contributed by atoms with Crippen LogP contribution in [0.2, 0.25) is 0 Å². The van der Waals surface area contributed by atoms with Crippen molar-refractivity contribution in [1.82, 2.24) is 0 Å². The molecule has 0 aliphatic heterocycles. The Morgan fingerprint density at radius 3 is 2.15 bits per heavy atom. The van der Waals surface area contributed by atoms with E-state index in [4.69, 9.17) is 4.74 Å². The normalized spacial score (nSPS) is 46.4. The molecule has 0 amide bonds. The summed E-state index contributed by atoms with van der Waals surface area (Å²) in [5, 5.41) is 0. The zero-order chi connectivity index (χ0) is 25.1. The van der Waals surface area contributed by atoms with Gasteiger partial charge >= 0.3 is 5.97 Å². The number of carbonyl (C=O) groups is 1. The van der Waals surface area contributed by atoms with E-state index in [1.165, 1.54) is 64.2 Å². The minimum absolute atomic E-state index is 0.0778. The van der Waals surface area contributed by atoms with Gasteiger partial charge in [0.1, 0.15) is 6.10 Å². The maximum absolute atomic E-state index is 11.8. The Kier molecular flexibility index (Phi) is 7.09. The summed E-state index contributed by atoms with van der Waals surface area (Å²) in [7, 11) is 0. The summed E-state index contributed by atoms with van der Waals surface area (Å²) in [4.78, 5) is 11.8. The van der Waals surface area contributed by atoms with E-state index in [0.29, 0.717) is 22.2 Å². The Labute approximate surface area is 211 Å². The lowest BCUT2D eigenvalue weighted by atomic mass is 9.38. The summed E-state index contributed by atoms with van der Waals surface area (Å²) in [5.74, 6) is 4.90. The summed E-state index contributed by atoms with van der Waals surface area (Å²) in [6, 6.07) is 0. The molecule has 0 radical (unpaired) electrons. The van der Waals surface area contributed by atoms with Crippen LogP contribution in [0.5, 0.6) is 0 Å². The Bertz CT molecular complexity index is 754. The molecule has 0 aromatic carbocycles. The zero-order valence-electron chi connectivity index (χ0n) is 24.1. The zero-order valence-corrected chi connectivity index (χ0v) is 24.1. The molecular weight excluding hydrogens is 416 g/mol. The molecule has 0 spiro atoms. The molecule has 34 heavy (non-hydrogen) atoms. The van der Waals surface area contributed by atoms with Gasteiger partial charge in [0.15, 0.2) is 0 Å². The lowest BCUT2D eigenvalue weighted by molar-refractivity contribution is -0.209. The second-order valence-corrected chi connectivity index (χ2v) is 15.1. The molecule has 0 N–H and O–H groups in total. The average molecular weight is 473 g/mol. The molecule has 4 fully saturated rings. The van der Waals surface area contributed by atoms with Crippen LogP contribution in [0.3, 0.4) is 0 Å². The number of esters is 1. The van der Waals surface area contributed by atoms with E-state index in [1.54, 1.807) is 6.92 Å². The number of hydrogen-bond donors (Lipinski definition) is 0. The van der Waals surface area contributed by atoms with Gasteiger partial charge in [-0.25, -0.2) is 0 Å². The summed E-state index contributed by atoms with van der Waals surface area (Å²) < 4.78 is 5.89. The molecular formula is C32H56O2. The number of ether oxygens (including phenoxy) is 1. The largest absolute Gasteiger partial charge is 0.462 e. The van der Waals surface area contributed by atoms with Crippen molar-refractivity contribution < 1.29 is 9.53 Å². The SMILES string of the molecule is CC(=O)O[C@H]1CC[C@]2(C)C3CC[C@]4(C)C([C@@H](C)CCCC(C)C)CC[C@@]4(C)C3CCC2C1(C)C. The standard InChI is InChI=1S/C32H56O2/c1-21(2)11-10-12-22(3)24-15-19-32(9)26-13-14-27-29(5,6)28(34-23(4)33)17-18-30(27,7)25(26)16-20-31(24,32)8/h21-22,24-28H,10-20H2,1-9H3/t22-,24?,25?,26?,27?,28-,30+,31+,32-/m0/s1. The Morgan fingerprint density at radius 1 is 0.824 bits per heavy atom. The minimum Gasteiger partial charge on any atom is -0.462 e. The summed E-state index contributed by atoms with van der Waals surface area (Å²) in [5.41, 5.74) is 1.49. The van der Waals surface area contributed by atoms with Gasteiger partial charge in [-0.05, 0) is 103 Å². The molecule has 2 nitrogen and oxygen atoms in total. The highest BCUT2D eigenvalue weighted by molar-refractivity contribution is 5.66. The van der Waals surface area contributed by atoms with Gasteiger partial charge in [-0.3, -0.25) is 4.79 Å². The van der Waals surface area contributed by atoms with Gasteiger partial charge in [0.2, 0.25) is 0 Å². The number of fused-ring (bicyclic) bond motifs is 5. The third kappa shape index (κ3) is 4.00. The predicted molar refractivity (Wildman–Crippen MR) is 142 cm³/mol. The van der Waals surface area contributed by atoms with Crippen molar-refractivity contribution in [3.8, 4) is 0 Å². The average Bonchev–Trinajstić information content (AvgIpc) is 3.01. The van der Waals surface area contributed by atoms with E-state index in [1.807, 2.05) is 0 Å². The van der Waals surface area contributed by atoms with E-state index in [9.17, 15) is 4.79 Å². The van der Waals surface area contributed by atoms with Crippen LogP contribution in [-0.2, 0) is 9.53 Å². The molecule has 196 valence electrons. The van der Waals surface area contributed by atoms with Gasteiger partial charge in [0.25, 0.3) is 0 Å². The van der Waals surface area contributed by atoms with Crippen LogP contribution in [-0.4, -0.2) is 12.1 Å². The first-order chi connectivity index (χ1) is 15.8. The van der Waals surface area contributed by atoms with Crippen molar-refractivity contribution in [2.75, 3.05) is 0 Å². The van der Waals surface area contributed by atoms with E-state index in [0.717, 1.165) is 36.0 Å². The summed E-state index contributed by atoms with van der Waals surface area (Å²) >= 11 is 0. The first kappa shape index (κ1) is 26.5. The van der Waals surface area contributed by atoms with Gasteiger partial charge in [-0.1, -0.05) is 74.7 Å².